The van der Waals surface area contributed by atoms with Crippen LogP contribution in [0, 0.1) is 11.6 Å². The number of ether oxygens (including phenoxy) is 1. The van der Waals surface area contributed by atoms with Gasteiger partial charge in [-0.05, 0) is 59.7 Å². The number of nitrogens with zero attached hydrogens (tertiary/aromatic N) is 3. The van der Waals surface area contributed by atoms with Gasteiger partial charge in [0.25, 0.3) is 5.88 Å². The van der Waals surface area contributed by atoms with E-state index in [4.69, 9.17) is 21.1 Å². The lowest BCUT2D eigenvalue weighted by molar-refractivity contribution is -0.180. The Morgan fingerprint density at radius 1 is 0.881 bits per heavy atom. The minimum absolute atomic E-state index is 0.163. The van der Waals surface area contributed by atoms with E-state index in [0.717, 1.165) is 71.6 Å². The van der Waals surface area contributed by atoms with Crippen molar-refractivity contribution in [1.29, 1.82) is 0 Å². The Labute approximate surface area is 247 Å². The number of pyridine rings is 2. The molecule has 11 heteroatoms. The molecule has 0 aliphatic carbocycles. The Balaban J connectivity index is 0.000000336. The molecule has 3 aromatic carbocycles. The van der Waals surface area contributed by atoms with Gasteiger partial charge in [-0.3, -0.25) is 0 Å². The molecule has 1 fully saturated rings. The van der Waals surface area contributed by atoms with E-state index < -0.39 is 11.6 Å². The molecule has 2 aromatic heterocycles. The zero-order chi connectivity index (χ0) is 29.6. The van der Waals surface area contributed by atoms with Crippen LogP contribution in [0.3, 0.4) is 0 Å². The molecule has 0 radical (unpaired) electrons. The second-order valence-corrected chi connectivity index (χ2v) is 9.92. The molecular formula is C31H29F2N5O3S. The third-order valence-electron chi connectivity index (χ3n) is 6.68. The number of fused-ring (bicyclic) bond motifs is 1. The van der Waals surface area contributed by atoms with E-state index in [1.54, 1.807) is 12.3 Å². The normalized spacial score (nSPS) is 13.0. The zero-order valence-corrected chi connectivity index (χ0v) is 23.7. The summed E-state index contributed by atoms with van der Waals surface area (Å²) >= 11 is 3.70. The molecule has 0 saturated carbocycles. The number of aromatic nitrogens is 2. The molecule has 8 nitrogen and oxygen atoms in total. The van der Waals surface area contributed by atoms with Crippen LogP contribution >= 0.6 is 12.6 Å². The number of hydrogen-bond acceptors (Lipinski definition) is 9. The second kappa shape index (κ2) is 13.0. The summed E-state index contributed by atoms with van der Waals surface area (Å²) in [4.78, 5) is 20.9. The minimum Gasteiger partial charge on any atom is -0.394 e. The average Bonchev–Trinajstić information content (AvgIpc) is 3.00. The van der Waals surface area contributed by atoms with Crippen molar-refractivity contribution >= 4 is 40.7 Å². The maximum atomic E-state index is 12.3. The zero-order valence-electron chi connectivity index (χ0n) is 22.8. The number of nitrogen functional groups attached to an aromatic ring is 2. The lowest BCUT2D eigenvalue weighted by Crippen LogP contribution is -2.36. The smallest absolute Gasteiger partial charge is 0.279 e. The summed E-state index contributed by atoms with van der Waals surface area (Å²) in [5.41, 5.74) is 18.5. The summed E-state index contributed by atoms with van der Waals surface area (Å²) in [6.07, 6.45) is 1.70. The Bertz CT molecular complexity index is 1700. The monoisotopic (exact) mass is 589 g/mol. The van der Waals surface area contributed by atoms with E-state index in [1.807, 2.05) is 12.1 Å². The Morgan fingerprint density at radius 3 is 2.29 bits per heavy atom. The molecule has 0 bridgehead atoms. The summed E-state index contributed by atoms with van der Waals surface area (Å²) in [5.74, 6) is -0.468. The van der Waals surface area contributed by atoms with Gasteiger partial charge in [0.1, 0.15) is 17.5 Å². The topological polar surface area (TPSA) is 109 Å². The van der Waals surface area contributed by atoms with Gasteiger partial charge in [-0.1, -0.05) is 18.2 Å². The molecule has 1 aliphatic heterocycles. The maximum Gasteiger partial charge on any atom is 0.279 e. The maximum absolute atomic E-state index is 12.3. The number of rotatable bonds is 5. The van der Waals surface area contributed by atoms with Crippen LogP contribution in [-0.2, 0) is 9.62 Å². The Morgan fingerprint density at radius 2 is 1.62 bits per heavy atom. The van der Waals surface area contributed by atoms with Crippen LogP contribution in [0.2, 0.25) is 0 Å². The van der Waals surface area contributed by atoms with Crippen LogP contribution < -0.4 is 21.3 Å². The van der Waals surface area contributed by atoms with Gasteiger partial charge < -0.3 is 26.0 Å². The van der Waals surface area contributed by atoms with Gasteiger partial charge in [0.05, 0.1) is 31.5 Å². The molecule has 1 aliphatic rings. The van der Waals surface area contributed by atoms with Gasteiger partial charge in [-0.25, -0.2) is 18.7 Å². The van der Waals surface area contributed by atoms with Crippen LogP contribution in [0.4, 0.5) is 26.0 Å². The molecule has 0 atom stereocenters. The summed E-state index contributed by atoms with van der Waals surface area (Å²) in [6, 6.07) is 21.5. The molecular weight excluding hydrogens is 560 g/mol. The first kappa shape index (κ1) is 29.1. The first-order valence-electron chi connectivity index (χ1n) is 13.1. The van der Waals surface area contributed by atoms with Crippen LogP contribution in [-0.4, -0.2) is 43.4 Å². The SMILES string of the molecule is COOc1ncc(-c2ccc3nc(N)c(-c4ccc(N5CCOCC5)cc4)cc3c2)cc1N.Fc1ccc(S)c(F)c1. The Kier molecular flexibility index (Phi) is 9.01. The van der Waals surface area contributed by atoms with Gasteiger partial charge >= 0.3 is 0 Å². The van der Waals surface area contributed by atoms with Crippen molar-refractivity contribution in [2.24, 2.45) is 0 Å². The lowest BCUT2D eigenvalue weighted by atomic mass is 10.0. The molecule has 0 unspecified atom stereocenters. The van der Waals surface area contributed by atoms with E-state index >= 15 is 0 Å². The van der Waals surface area contributed by atoms with E-state index in [1.165, 1.54) is 18.9 Å². The number of thiol groups is 1. The molecule has 0 amide bonds. The second-order valence-electron chi connectivity index (χ2n) is 9.44. The highest BCUT2D eigenvalue weighted by molar-refractivity contribution is 7.80. The minimum atomic E-state index is -0.627. The van der Waals surface area contributed by atoms with Crippen molar-refractivity contribution in [3.05, 3.63) is 90.6 Å². The molecule has 6 rings (SSSR count). The summed E-state index contributed by atoms with van der Waals surface area (Å²) < 4.78 is 29.8. The third kappa shape index (κ3) is 6.71. The average molecular weight is 590 g/mol. The van der Waals surface area contributed by atoms with Gasteiger partial charge in [-0.15, -0.1) is 12.6 Å². The molecule has 4 N–H and O–H groups in total. The molecule has 5 aromatic rings. The van der Waals surface area contributed by atoms with Gasteiger partial charge in [0.15, 0.2) is 0 Å². The number of morpholine rings is 1. The molecule has 0 spiro atoms. The fraction of sp³-hybridized carbons (Fsp3) is 0.161. The summed E-state index contributed by atoms with van der Waals surface area (Å²) in [6.45, 7) is 3.32. The lowest BCUT2D eigenvalue weighted by Gasteiger charge is -2.29. The van der Waals surface area contributed by atoms with Gasteiger partial charge in [-0.2, -0.15) is 4.89 Å². The highest BCUT2D eigenvalue weighted by Gasteiger charge is 2.13. The highest BCUT2D eigenvalue weighted by atomic mass is 32.1. The van der Waals surface area contributed by atoms with E-state index in [-0.39, 0.29) is 10.8 Å². The first-order chi connectivity index (χ1) is 20.3. The number of halogens is 2. The quantitative estimate of drug-likeness (QED) is 0.127. The fourth-order valence-corrected chi connectivity index (χ4v) is 4.67. The molecule has 1 saturated heterocycles. The Hall–Kier alpha value is -4.45. The highest BCUT2D eigenvalue weighted by Crippen LogP contribution is 2.33. The van der Waals surface area contributed by atoms with E-state index in [2.05, 4.69) is 68.8 Å². The number of benzene rings is 3. The molecule has 42 heavy (non-hydrogen) atoms. The van der Waals surface area contributed by atoms with Crippen molar-refractivity contribution in [1.82, 2.24) is 9.97 Å². The number of anilines is 3. The van der Waals surface area contributed by atoms with Crippen LogP contribution in [0.25, 0.3) is 33.2 Å². The van der Waals surface area contributed by atoms with Crippen molar-refractivity contribution in [2.45, 2.75) is 4.90 Å². The third-order valence-corrected chi connectivity index (χ3v) is 7.05. The largest absolute Gasteiger partial charge is 0.394 e. The van der Waals surface area contributed by atoms with Crippen molar-refractivity contribution in [3.8, 4) is 28.1 Å². The fourth-order valence-electron chi connectivity index (χ4n) is 4.53. The van der Waals surface area contributed by atoms with Gasteiger partial charge in [0, 0.05) is 52.4 Å². The molecule has 216 valence electrons. The predicted octanol–water partition coefficient (Wildman–Crippen LogP) is 6.16. The van der Waals surface area contributed by atoms with Crippen LogP contribution in [0.1, 0.15) is 0 Å². The van der Waals surface area contributed by atoms with Crippen molar-refractivity contribution in [2.75, 3.05) is 49.8 Å². The predicted molar refractivity (Wildman–Crippen MR) is 164 cm³/mol. The first-order valence-corrected chi connectivity index (χ1v) is 13.5. The van der Waals surface area contributed by atoms with Gasteiger partial charge in [0.2, 0.25) is 0 Å². The van der Waals surface area contributed by atoms with Crippen LogP contribution in [0.15, 0.2) is 83.9 Å². The van der Waals surface area contributed by atoms with E-state index in [9.17, 15) is 8.78 Å². The summed E-state index contributed by atoms with van der Waals surface area (Å²) in [5, 5.41) is 0.977. The number of hydrogen-bond donors (Lipinski definition) is 3. The van der Waals surface area contributed by atoms with Crippen molar-refractivity contribution in [3.63, 3.8) is 0 Å². The van der Waals surface area contributed by atoms with E-state index in [0.29, 0.717) is 11.5 Å². The van der Waals surface area contributed by atoms with Crippen LogP contribution in [0.5, 0.6) is 5.88 Å². The van der Waals surface area contributed by atoms with Crippen molar-refractivity contribution < 1.29 is 23.3 Å². The molecule has 3 heterocycles. The summed E-state index contributed by atoms with van der Waals surface area (Å²) in [7, 11) is 1.41. The standard InChI is InChI=1S/C25H25N5O3.C6H4F2S/c1-31-33-25-22(26)14-19(15-28-25)17-4-7-23-18(12-17)13-21(24(27)29-23)16-2-5-20(6-3-16)30-8-10-32-11-9-30;7-4-1-2-6(9)5(8)3-4/h2-7,12-15H,8-11,26H2,1H3,(H2,27,29);1-3,9H. The number of nitrogens with two attached hydrogens (primary N) is 2.